The van der Waals surface area contributed by atoms with E-state index >= 15 is 0 Å². The lowest BCUT2D eigenvalue weighted by Gasteiger charge is -2.12. The summed E-state index contributed by atoms with van der Waals surface area (Å²) in [6.07, 6.45) is 1.58. The van der Waals surface area contributed by atoms with Crippen molar-refractivity contribution in [2.24, 2.45) is 0 Å². The minimum absolute atomic E-state index is 0.134. The molecule has 6 heteroatoms. The molecule has 152 valence electrons. The van der Waals surface area contributed by atoms with Gasteiger partial charge in [-0.2, -0.15) is 0 Å². The first kappa shape index (κ1) is 19.5. The van der Waals surface area contributed by atoms with Crippen LogP contribution in [-0.2, 0) is 17.9 Å². The molecule has 30 heavy (non-hydrogen) atoms. The normalized spacial score (nSPS) is 10.9. The van der Waals surface area contributed by atoms with Gasteiger partial charge in [-0.25, -0.2) is 0 Å². The highest BCUT2D eigenvalue weighted by Crippen LogP contribution is 2.25. The third-order valence-corrected chi connectivity index (χ3v) is 4.88. The predicted octanol–water partition coefficient (Wildman–Crippen LogP) is 4.48. The van der Waals surface area contributed by atoms with Crippen LogP contribution in [0.2, 0.25) is 0 Å². The molecule has 6 nitrogen and oxygen atoms in total. The van der Waals surface area contributed by atoms with Gasteiger partial charge in [-0.05, 0) is 48.9 Å². The van der Waals surface area contributed by atoms with Crippen LogP contribution in [0.5, 0.6) is 0 Å². The van der Waals surface area contributed by atoms with Crippen molar-refractivity contribution < 1.29 is 14.0 Å². The maximum atomic E-state index is 13.0. The van der Waals surface area contributed by atoms with Crippen molar-refractivity contribution in [1.82, 2.24) is 9.88 Å². The van der Waals surface area contributed by atoms with Crippen LogP contribution in [0.1, 0.15) is 34.3 Å². The van der Waals surface area contributed by atoms with Gasteiger partial charge in [0.15, 0.2) is 0 Å². The van der Waals surface area contributed by atoms with E-state index in [2.05, 4.69) is 22.8 Å². The van der Waals surface area contributed by atoms with E-state index in [1.54, 1.807) is 12.3 Å². The highest BCUT2D eigenvalue weighted by atomic mass is 16.3. The van der Waals surface area contributed by atoms with E-state index in [0.29, 0.717) is 30.2 Å². The number of aryl methyl sites for hydroxylation is 1. The number of anilines is 1. The largest absolute Gasteiger partial charge is 0.467 e. The summed E-state index contributed by atoms with van der Waals surface area (Å²) < 4.78 is 7.31. The molecule has 2 aromatic carbocycles. The highest BCUT2D eigenvalue weighted by Gasteiger charge is 2.17. The van der Waals surface area contributed by atoms with Gasteiger partial charge in [0.05, 0.1) is 12.8 Å². The van der Waals surface area contributed by atoms with Crippen molar-refractivity contribution in [2.75, 3.05) is 5.32 Å². The van der Waals surface area contributed by atoms with Crippen molar-refractivity contribution in [3.63, 3.8) is 0 Å². The van der Waals surface area contributed by atoms with Crippen LogP contribution in [0.3, 0.4) is 0 Å². The number of aromatic nitrogens is 1. The number of hydrogen-bond donors (Lipinski definition) is 2. The molecule has 0 bridgehead atoms. The lowest BCUT2D eigenvalue weighted by Crippen LogP contribution is -2.25. The molecular formula is C24H23N3O3. The van der Waals surface area contributed by atoms with Gasteiger partial charge in [-0.1, -0.05) is 29.8 Å². The number of carbonyl (C=O) groups is 2. The Morgan fingerprint density at radius 3 is 2.63 bits per heavy atom. The topological polar surface area (TPSA) is 76.3 Å². The fraction of sp³-hybridized carbons (Fsp3) is 0.167. The molecule has 0 saturated heterocycles. The fourth-order valence-corrected chi connectivity index (χ4v) is 3.57. The predicted molar refractivity (Wildman–Crippen MR) is 116 cm³/mol. The molecule has 4 rings (SSSR count). The monoisotopic (exact) mass is 401 g/mol. The van der Waals surface area contributed by atoms with Crippen LogP contribution in [0, 0.1) is 6.92 Å². The van der Waals surface area contributed by atoms with Crippen molar-refractivity contribution in [3.05, 3.63) is 89.5 Å². The maximum Gasteiger partial charge on any atom is 0.268 e. The summed E-state index contributed by atoms with van der Waals surface area (Å²) in [5.41, 5.74) is 4.45. The zero-order chi connectivity index (χ0) is 21.1. The van der Waals surface area contributed by atoms with Crippen molar-refractivity contribution in [3.8, 4) is 0 Å². The summed E-state index contributed by atoms with van der Waals surface area (Å²) in [5, 5.41) is 6.60. The Bertz CT molecular complexity index is 1210. The van der Waals surface area contributed by atoms with E-state index < -0.39 is 0 Å². The van der Waals surface area contributed by atoms with Crippen LogP contribution in [-0.4, -0.2) is 16.4 Å². The minimum Gasteiger partial charge on any atom is -0.467 e. The molecule has 0 spiro atoms. The third kappa shape index (κ3) is 4.27. The van der Waals surface area contributed by atoms with Gasteiger partial charge in [-0.15, -0.1) is 0 Å². The molecule has 2 amide bonds. The Labute approximate surface area is 174 Å². The molecule has 2 heterocycles. The van der Waals surface area contributed by atoms with E-state index in [4.69, 9.17) is 4.42 Å². The third-order valence-electron chi connectivity index (χ3n) is 4.88. The summed E-state index contributed by atoms with van der Waals surface area (Å²) in [5.74, 6) is 0.374. The second-order valence-electron chi connectivity index (χ2n) is 7.32. The summed E-state index contributed by atoms with van der Waals surface area (Å²) >= 11 is 0. The number of benzene rings is 2. The number of nitrogens with one attached hydrogen (secondary N) is 2. The molecule has 0 aliphatic heterocycles. The van der Waals surface area contributed by atoms with Crippen LogP contribution in [0.25, 0.3) is 10.9 Å². The molecule has 0 unspecified atom stereocenters. The standard InChI is InChI=1S/C24H23N3O3/c1-16-5-3-6-18(11-16)15-27-22-9-8-20(26-17(2)28)12-19(22)13-23(27)24(29)25-14-21-7-4-10-30-21/h3-13H,14-15H2,1-2H3,(H,25,29)(H,26,28). The molecule has 0 aliphatic carbocycles. The van der Waals surface area contributed by atoms with Gasteiger partial charge in [0.25, 0.3) is 5.91 Å². The summed E-state index contributed by atoms with van der Waals surface area (Å²) in [6, 6.07) is 19.4. The molecule has 0 saturated carbocycles. The zero-order valence-electron chi connectivity index (χ0n) is 16.9. The first-order valence-corrected chi connectivity index (χ1v) is 9.76. The maximum absolute atomic E-state index is 13.0. The lowest BCUT2D eigenvalue weighted by atomic mass is 10.1. The summed E-state index contributed by atoms with van der Waals surface area (Å²) in [7, 11) is 0. The second kappa shape index (κ2) is 8.29. The Morgan fingerprint density at radius 1 is 1.03 bits per heavy atom. The highest BCUT2D eigenvalue weighted by molar-refractivity contribution is 6.00. The van der Waals surface area contributed by atoms with E-state index in [0.717, 1.165) is 16.5 Å². The van der Waals surface area contributed by atoms with Gasteiger partial charge in [-0.3, -0.25) is 9.59 Å². The quantitative estimate of drug-likeness (QED) is 0.500. The Kier molecular flexibility index (Phi) is 5.39. The molecule has 4 aromatic rings. The Hall–Kier alpha value is -3.80. The van der Waals surface area contributed by atoms with Crippen LogP contribution < -0.4 is 10.6 Å². The first-order valence-electron chi connectivity index (χ1n) is 9.76. The molecule has 2 N–H and O–H groups in total. The molecular weight excluding hydrogens is 378 g/mol. The lowest BCUT2D eigenvalue weighted by molar-refractivity contribution is -0.114. The first-order chi connectivity index (χ1) is 14.5. The van der Waals surface area contributed by atoms with Gasteiger partial charge < -0.3 is 19.6 Å². The van der Waals surface area contributed by atoms with Crippen LogP contribution >= 0.6 is 0 Å². The number of hydrogen-bond acceptors (Lipinski definition) is 3. The SMILES string of the molecule is CC(=O)Nc1ccc2c(c1)cc(C(=O)NCc1ccco1)n2Cc1cccc(C)c1. The molecule has 0 fully saturated rings. The van der Waals surface area contributed by atoms with Crippen molar-refractivity contribution in [1.29, 1.82) is 0 Å². The Morgan fingerprint density at radius 2 is 1.90 bits per heavy atom. The molecule has 0 aliphatic rings. The zero-order valence-corrected chi connectivity index (χ0v) is 16.9. The summed E-state index contributed by atoms with van der Waals surface area (Å²) in [4.78, 5) is 24.4. The number of carbonyl (C=O) groups excluding carboxylic acids is 2. The van der Waals surface area contributed by atoms with Gasteiger partial charge in [0, 0.05) is 30.1 Å². The molecule has 0 radical (unpaired) electrons. The minimum atomic E-state index is -0.184. The van der Waals surface area contributed by atoms with E-state index in [1.165, 1.54) is 12.5 Å². The number of nitrogens with zero attached hydrogens (tertiary/aromatic N) is 1. The van der Waals surface area contributed by atoms with E-state index in [9.17, 15) is 9.59 Å². The summed E-state index contributed by atoms with van der Waals surface area (Å²) in [6.45, 7) is 4.40. The van der Waals surface area contributed by atoms with Gasteiger partial charge in [0.1, 0.15) is 11.5 Å². The van der Waals surface area contributed by atoms with E-state index in [1.807, 2.05) is 54.0 Å². The number of rotatable bonds is 6. The van der Waals surface area contributed by atoms with Crippen molar-refractivity contribution in [2.45, 2.75) is 26.9 Å². The second-order valence-corrected chi connectivity index (χ2v) is 7.32. The Balaban J connectivity index is 1.71. The fourth-order valence-electron chi connectivity index (χ4n) is 3.57. The van der Waals surface area contributed by atoms with Crippen LogP contribution in [0.15, 0.2) is 71.3 Å². The average Bonchev–Trinajstić information content (AvgIpc) is 3.34. The number of furan rings is 1. The van der Waals surface area contributed by atoms with Gasteiger partial charge >= 0.3 is 0 Å². The molecule has 0 atom stereocenters. The number of amides is 2. The average molecular weight is 401 g/mol. The van der Waals surface area contributed by atoms with Gasteiger partial charge in [0.2, 0.25) is 5.91 Å². The van der Waals surface area contributed by atoms with Crippen molar-refractivity contribution >= 4 is 28.4 Å². The molecule has 2 aromatic heterocycles. The van der Waals surface area contributed by atoms with E-state index in [-0.39, 0.29) is 11.8 Å². The van der Waals surface area contributed by atoms with Crippen LogP contribution in [0.4, 0.5) is 5.69 Å². The smallest absolute Gasteiger partial charge is 0.268 e. The number of fused-ring (bicyclic) bond motifs is 1.